The fourth-order valence-electron chi connectivity index (χ4n) is 0.185. The topological polar surface area (TPSA) is 0 Å². The van der Waals surface area contributed by atoms with E-state index in [0.717, 1.165) is 6.32 Å². The molecule has 0 N–H and O–H groups in total. The molecule has 0 aromatic heterocycles. The molecule has 2 radical (unpaired) electrons. The summed E-state index contributed by atoms with van der Waals surface area (Å²) in [5.41, 5.74) is 2.61. The second kappa shape index (κ2) is 4.78. The van der Waals surface area contributed by atoms with E-state index >= 15 is 0 Å². The van der Waals surface area contributed by atoms with Crippen LogP contribution >= 0.6 is 0 Å². The predicted octanol–water partition coefficient (Wildman–Crippen LogP) is 0.283. The van der Waals surface area contributed by atoms with Gasteiger partial charge in [0.1, 0.15) is 0 Å². The first-order valence-corrected chi connectivity index (χ1v) is 1.96. The maximum absolute atomic E-state index is 5.12. The molecule has 6 heavy (non-hydrogen) atoms. The zero-order valence-corrected chi connectivity index (χ0v) is 3.78. The molecule has 0 aliphatic rings. The molecule has 0 amide bonds. The number of hydrogen-bond donors (Lipinski definition) is 0. The molecule has 0 fully saturated rings. The van der Waals surface area contributed by atoms with Gasteiger partial charge in [0, 0.05) is 0 Å². The third kappa shape index (κ3) is 3.78. The van der Waals surface area contributed by atoms with Crippen LogP contribution < -0.4 is 0 Å². The van der Waals surface area contributed by atoms with E-state index in [1.54, 1.807) is 0 Å². The van der Waals surface area contributed by atoms with Gasteiger partial charge in [-0.15, -0.1) is 0 Å². The van der Waals surface area contributed by atoms with Gasteiger partial charge in [-0.1, -0.05) is 0 Å². The predicted molar refractivity (Wildman–Crippen MR) is 31.8 cm³/mol. The Bertz CT molecular complexity index is 61.9. The Morgan fingerprint density at radius 3 is 2.67 bits per heavy atom. The molecule has 0 spiro atoms. The normalized spacial score (nSPS) is 6.00. The van der Waals surface area contributed by atoms with Gasteiger partial charge in [-0.05, 0) is 0 Å². The van der Waals surface area contributed by atoms with Crippen LogP contribution in [0, 0.1) is 0 Å². The van der Waals surface area contributed by atoms with Crippen LogP contribution in [0.5, 0.6) is 0 Å². The van der Waals surface area contributed by atoms with E-state index in [1.165, 1.54) is 0 Å². The molecule has 0 atom stereocenters. The Balaban J connectivity index is 2.86. The van der Waals surface area contributed by atoms with Crippen molar-refractivity contribution in [1.29, 1.82) is 0 Å². The molecule has 2 heteroatoms. The van der Waals surface area contributed by atoms with Crippen molar-refractivity contribution in [3.05, 3.63) is 6.58 Å². The molecule has 0 unspecified atom stereocenters. The molecule has 0 aromatic carbocycles. The van der Waals surface area contributed by atoms with Gasteiger partial charge in [0.2, 0.25) is 0 Å². The molecule has 0 rings (SSSR count). The van der Waals surface area contributed by atoms with E-state index in [2.05, 4.69) is 12.2 Å². The molecule has 0 bridgehead atoms. The Morgan fingerprint density at radius 2 is 2.50 bits per heavy atom. The fraction of sp³-hybridized carbons (Fsp3) is 0.500. The summed E-state index contributed by atoms with van der Waals surface area (Å²) >= 11 is 0. The van der Waals surface area contributed by atoms with Crippen molar-refractivity contribution >= 4 is 20.4 Å². The van der Waals surface area contributed by atoms with Gasteiger partial charge in [0.15, 0.2) is 0 Å². The quantitative estimate of drug-likeness (QED) is 0.414. The first-order valence-electron chi connectivity index (χ1n) is 1.96. The summed E-state index contributed by atoms with van der Waals surface area (Å²) in [5, 5.41) is 0. The van der Waals surface area contributed by atoms with Crippen molar-refractivity contribution in [2.24, 2.45) is 0 Å². The second-order valence-electron chi connectivity index (χ2n) is 0.986. The second-order valence-corrected chi connectivity index (χ2v) is 0.986. The zero-order chi connectivity index (χ0) is 4.83. The van der Waals surface area contributed by atoms with E-state index in [9.17, 15) is 0 Å². The van der Waals surface area contributed by atoms with Gasteiger partial charge in [0.25, 0.3) is 0 Å². The molecule has 0 heterocycles. The molecule has 0 saturated heterocycles. The van der Waals surface area contributed by atoms with Crippen LogP contribution in [0.1, 0.15) is 0 Å². The molecule has 0 saturated carbocycles. The number of hydrogen-bond acceptors (Lipinski definition) is 0. The van der Waals surface area contributed by atoms with Gasteiger partial charge in [-0.25, -0.2) is 0 Å². The van der Waals surface area contributed by atoms with Crippen LogP contribution in [0.15, 0.2) is 6.58 Å². The Hall–Kier alpha value is -0.220. The zero-order valence-electron chi connectivity index (χ0n) is 3.78. The van der Waals surface area contributed by atoms with Crippen molar-refractivity contribution in [2.75, 3.05) is 0 Å². The van der Waals surface area contributed by atoms with E-state index < -0.39 is 0 Å². The van der Waals surface area contributed by atoms with Crippen molar-refractivity contribution in [3.63, 3.8) is 0 Å². The third-order valence-corrected chi connectivity index (χ3v) is 0.455. The standard InChI is InChI=1S/C4H6B2/c1-2-6-4-3-5/h1,3-4H2. The molecule has 28 valence electrons. The van der Waals surface area contributed by atoms with Crippen LogP contribution in [0.4, 0.5) is 0 Å². The molecule has 0 nitrogen and oxygen atoms in total. The van der Waals surface area contributed by atoms with Gasteiger partial charge < -0.3 is 0 Å². The Kier molecular flexibility index (Phi) is 4.60. The van der Waals surface area contributed by atoms with Crippen LogP contribution in [0.2, 0.25) is 12.6 Å². The minimum absolute atomic E-state index is 0.697. The summed E-state index contributed by atoms with van der Waals surface area (Å²) in [6, 6.07) is 0. The van der Waals surface area contributed by atoms with Crippen LogP contribution in [0.25, 0.3) is 0 Å². The maximum atomic E-state index is 5.12. The summed E-state index contributed by atoms with van der Waals surface area (Å²) in [7, 11) is 5.12. The van der Waals surface area contributed by atoms with Gasteiger partial charge >= 0.3 is 39.6 Å². The monoisotopic (exact) mass is 76.1 g/mol. The third-order valence-electron chi connectivity index (χ3n) is 0.455. The fourth-order valence-corrected chi connectivity index (χ4v) is 0.185. The van der Waals surface area contributed by atoms with Crippen molar-refractivity contribution in [1.82, 2.24) is 0 Å². The summed E-state index contributed by atoms with van der Waals surface area (Å²) in [6.45, 7) is 5.18. The molecule has 0 aliphatic heterocycles. The van der Waals surface area contributed by atoms with Gasteiger partial charge in [0.05, 0.1) is 0 Å². The minimum atomic E-state index is 0.697. The van der Waals surface area contributed by atoms with E-state index in [0.29, 0.717) is 6.32 Å². The first-order chi connectivity index (χ1) is 2.91. The molecular formula is C4H6B2. The van der Waals surface area contributed by atoms with Gasteiger partial charge in [-0.3, -0.25) is 0 Å². The van der Waals surface area contributed by atoms with E-state index in [1.807, 2.05) is 6.92 Å². The summed E-state index contributed by atoms with van der Waals surface area (Å²) in [5.74, 6) is 0. The van der Waals surface area contributed by atoms with Crippen LogP contribution in [-0.2, 0) is 0 Å². The van der Waals surface area contributed by atoms with Crippen LogP contribution in [-0.4, -0.2) is 20.4 Å². The Labute approximate surface area is 40.6 Å². The summed E-state index contributed by atoms with van der Waals surface area (Å²) < 4.78 is 0. The van der Waals surface area contributed by atoms with Crippen molar-refractivity contribution < 1.29 is 0 Å². The van der Waals surface area contributed by atoms with Gasteiger partial charge in [-0.2, -0.15) is 0 Å². The Morgan fingerprint density at radius 1 is 1.83 bits per heavy atom. The SMILES string of the molecule is [B]CCB=C=C. The van der Waals surface area contributed by atoms with E-state index in [4.69, 9.17) is 7.85 Å². The molecule has 0 aromatic rings. The number of rotatable bonds is 2. The molecular weight excluding hydrogens is 69.7 g/mol. The van der Waals surface area contributed by atoms with Crippen LogP contribution in [0.3, 0.4) is 0 Å². The summed E-state index contributed by atoms with van der Waals surface area (Å²) in [6.07, 6.45) is 1.59. The van der Waals surface area contributed by atoms with E-state index in [-0.39, 0.29) is 0 Å². The first kappa shape index (κ1) is 5.78. The average Bonchev–Trinajstić information content (AvgIpc) is 1.61. The average molecular weight is 75.7 g/mol. The van der Waals surface area contributed by atoms with Crippen molar-refractivity contribution in [3.8, 4) is 0 Å². The summed E-state index contributed by atoms with van der Waals surface area (Å²) in [4.78, 5) is 0. The molecule has 0 aliphatic carbocycles. The van der Waals surface area contributed by atoms with Crippen molar-refractivity contribution in [2.45, 2.75) is 12.6 Å².